The molecule has 126 valence electrons. The number of rotatable bonds is 5. The van der Waals surface area contributed by atoms with Crippen LogP contribution in [0.2, 0.25) is 0 Å². The minimum Gasteiger partial charge on any atom is -0.496 e. The fourth-order valence-electron chi connectivity index (χ4n) is 2.39. The molecule has 0 saturated carbocycles. The summed E-state index contributed by atoms with van der Waals surface area (Å²) < 4.78 is 5.36. The molecule has 0 saturated heterocycles. The molecule has 0 radical (unpaired) electrons. The van der Waals surface area contributed by atoms with E-state index < -0.39 is 0 Å². The zero-order chi connectivity index (χ0) is 17.7. The predicted molar refractivity (Wildman–Crippen MR) is 101 cm³/mol. The zero-order valence-corrected chi connectivity index (χ0v) is 15.2. The minimum absolute atomic E-state index is 0.0288. The Morgan fingerprint density at radius 1 is 1.21 bits per heavy atom. The van der Waals surface area contributed by atoms with Gasteiger partial charge < -0.3 is 10.5 Å². The van der Waals surface area contributed by atoms with Crippen LogP contribution in [0, 0.1) is 13.8 Å². The first-order valence-electron chi connectivity index (χ1n) is 7.63. The number of nitrogens with zero attached hydrogens (tertiary/aromatic N) is 1. The van der Waals surface area contributed by atoms with Crippen molar-refractivity contribution in [1.29, 1.82) is 0 Å². The molecule has 0 aliphatic heterocycles. The van der Waals surface area contributed by atoms with Crippen LogP contribution in [-0.2, 0) is 5.75 Å². The van der Waals surface area contributed by atoms with E-state index in [2.05, 4.69) is 4.99 Å². The van der Waals surface area contributed by atoms with Gasteiger partial charge in [-0.1, -0.05) is 30.0 Å². The number of aliphatic imine (C=N–C) groups is 1. The Morgan fingerprint density at radius 2 is 1.88 bits per heavy atom. The Hall–Kier alpha value is -2.27. The van der Waals surface area contributed by atoms with E-state index in [9.17, 15) is 4.79 Å². The highest BCUT2D eigenvalue weighted by Crippen LogP contribution is 2.27. The van der Waals surface area contributed by atoms with Crippen LogP contribution in [-0.4, -0.2) is 18.1 Å². The third-order valence-corrected chi connectivity index (χ3v) is 4.57. The van der Waals surface area contributed by atoms with Gasteiger partial charge in [0, 0.05) is 16.9 Å². The fraction of sp³-hybridized carbons (Fsp3) is 0.263. The standard InChI is InChI=1S/C19H22N2O2S/c1-12-6-5-7-13(2)18(12)21-19(20)24-11-16-10-15(14(3)22)8-9-17(16)23-4/h5-10H,11H2,1-4H3,(H2,20,21). The van der Waals surface area contributed by atoms with Crippen molar-refractivity contribution in [3.05, 3.63) is 58.7 Å². The number of Topliss-reactive ketones (excluding diaryl/α,β-unsaturated/α-hetero) is 1. The summed E-state index contributed by atoms with van der Waals surface area (Å²) in [5, 5.41) is 0.489. The van der Waals surface area contributed by atoms with E-state index in [0.717, 1.165) is 28.1 Å². The highest BCUT2D eigenvalue weighted by molar-refractivity contribution is 8.13. The first kappa shape index (κ1) is 18.1. The minimum atomic E-state index is 0.0288. The van der Waals surface area contributed by atoms with Gasteiger partial charge in [-0.3, -0.25) is 4.79 Å². The molecule has 0 heterocycles. The van der Waals surface area contributed by atoms with Crippen molar-refractivity contribution in [2.75, 3.05) is 7.11 Å². The highest BCUT2D eigenvalue weighted by Gasteiger charge is 2.09. The summed E-state index contributed by atoms with van der Waals surface area (Å²) in [6, 6.07) is 11.5. The van der Waals surface area contributed by atoms with Crippen molar-refractivity contribution in [3.8, 4) is 5.75 Å². The Balaban J connectivity index is 2.19. The second kappa shape index (κ2) is 8.02. The first-order chi connectivity index (χ1) is 11.4. The molecule has 0 aromatic heterocycles. The number of nitrogens with two attached hydrogens (primary N) is 1. The second-order valence-corrected chi connectivity index (χ2v) is 6.56. The third kappa shape index (κ3) is 4.38. The lowest BCUT2D eigenvalue weighted by Gasteiger charge is -2.10. The predicted octanol–water partition coefficient (Wildman–Crippen LogP) is 4.39. The maximum atomic E-state index is 11.6. The normalized spacial score (nSPS) is 11.4. The van der Waals surface area contributed by atoms with Crippen LogP contribution in [0.25, 0.3) is 0 Å². The van der Waals surface area contributed by atoms with E-state index in [4.69, 9.17) is 10.5 Å². The monoisotopic (exact) mass is 342 g/mol. The number of amidine groups is 1. The topological polar surface area (TPSA) is 64.7 Å². The number of ether oxygens (including phenoxy) is 1. The van der Waals surface area contributed by atoms with Gasteiger partial charge in [-0.05, 0) is 50.1 Å². The van der Waals surface area contributed by atoms with Gasteiger partial charge in [0.05, 0.1) is 12.8 Å². The number of carbonyl (C=O) groups excluding carboxylic acids is 1. The van der Waals surface area contributed by atoms with Crippen LogP contribution in [0.3, 0.4) is 0 Å². The maximum Gasteiger partial charge on any atom is 0.159 e. The van der Waals surface area contributed by atoms with Crippen molar-refractivity contribution in [2.45, 2.75) is 26.5 Å². The van der Waals surface area contributed by atoms with Crippen molar-refractivity contribution in [3.63, 3.8) is 0 Å². The summed E-state index contributed by atoms with van der Waals surface area (Å²) in [5.41, 5.74) is 10.8. The Kier molecular flexibility index (Phi) is 6.04. The molecule has 2 N–H and O–H groups in total. The number of ketones is 1. The average Bonchev–Trinajstić information content (AvgIpc) is 2.56. The molecule has 0 amide bonds. The quantitative estimate of drug-likeness (QED) is 0.497. The molecule has 0 atom stereocenters. The third-order valence-electron chi connectivity index (χ3n) is 3.72. The van der Waals surface area contributed by atoms with E-state index in [1.165, 1.54) is 11.8 Å². The molecule has 5 heteroatoms. The van der Waals surface area contributed by atoms with Crippen LogP contribution in [0.1, 0.15) is 34.0 Å². The lowest BCUT2D eigenvalue weighted by Crippen LogP contribution is -2.07. The number of thioether (sulfide) groups is 1. The molecular weight excluding hydrogens is 320 g/mol. The number of hydrogen-bond donors (Lipinski definition) is 1. The Labute approximate surface area is 147 Å². The van der Waals surface area contributed by atoms with E-state index in [1.807, 2.05) is 44.2 Å². The van der Waals surface area contributed by atoms with Gasteiger partial charge in [-0.25, -0.2) is 4.99 Å². The number of aryl methyl sites for hydroxylation is 2. The van der Waals surface area contributed by atoms with Crippen LogP contribution in [0.5, 0.6) is 5.75 Å². The van der Waals surface area contributed by atoms with E-state index >= 15 is 0 Å². The van der Waals surface area contributed by atoms with Crippen molar-refractivity contribution < 1.29 is 9.53 Å². The van der Waals surface area contributed by atoms with Crippen LogP contribution in [0.15, 0.2) is 41.4 Å². The summed E-state index contributed by atoms with van der Waals surface area (Å²) in [4.78, 5) is 16.1. The molecule has 0 fully saturated rings. The van der Waals surface area contributed by atoms with Crippen LogP contribution >= 0.6 is 11.8 Å². The fourth-order valence-corrected chi connectivity index (χ4v) is 3.07. The van der Waals surface area contributed by atoms with Gasteiger partial charge in [-0.2, -0.15) is 0 Å². The smallest absolute Gasteiger partial charge is 0.159 e. The number of benzene rings is 2. The van der Waals surface area contributed by atoms with Crippen molar-refractivity contribution >= 4 is 28.4 Å². The summed E-state index contributed by atoms with van der Waals surface area (Å²) in [5.74, 6) is 1.36. The van der Waals surface area contributed by atoms with Gasteiger partial charge in [0.2, 0.25) is 0 Å². The molecular formula is C19H22N2O2S. The molecule has 0 aliphatic carbocycles. The molecule has 0 spiro atoms. The summed E-state index contributed by atoms with van der Waals surface area (Å²) in [7, 11) is 1.62. The lowest BCUT2D eigenvalue weighted by molar-refractivity contribution is 0.101. The lowest BCUT2D eigenvalue weighted by atomic mass is 10.1. The molecule has 0 bridgehead atoms. The summed E-state index contributed by atoms with van der Waals surface area (Å²) >= 11 is 1.43. The average molecular weight is 342 g/mol. The second-order valence-electron chi connectivity index (χ2n) is 5.56. The molecule has 0 unspecified atom stereocenters. The van der Waals surface area contributed by atoms with Gasteiger partial charge >= 0.3 is 0 Å². The van der Waals surface area contributed by atoms with Crippen LogP contribution < -0.4 is 10.5 Å². The van der Waals surface area contributed by atoms with Gasteiger partial charge in [-0.15, -0.1) is 0 Å². The maximum absolute atomic E-state index is 11.6. The number of para-hydroxylation sites is 1. The number of carbonyl (C=O) groups is 1. The van der Waals surface area contributed by atoms with E-state index in [0.29, 0.717) is 16.5 Å². The Morgan fingerprint density at radius 3 is 2.46 bits per heavy atom. The molecule has 4 nitrogen and oxygen atoms in total. The molecule has 24 heavy (non-hydrogen) atoms. The highest BCUT2D eigenvalue weighted by atomic mass is 32.2. The largest absolute Gasteiger partial charge is 0.496 e. The van der Waals surface area contributed by atoms with Crippen molar-refractivity contribution in [2.24, 2.45) is 10.7 Å². The van der Waals surface area contributed by atoms with Gasteiger partial charge in [0.1, 0.15) is 5.75 Å². The van der Waals surface area contributed by atoms with E-state index in [-0.39, 0.29) is 5.78 Å². The SMILES string of the molecule is COc1ccc(C(C)=O)cc1CSC(N)=Nc1c(C)cccc1C. The molecule has 2 aromatic carbocycles. The van der Waals surface area contributed by atoms with Gasteiger partial charge in [0.25, 0.3) is 0 Å². The Bertz CT molecular complexity index is 765. The molecule has 2 aromatic rings. The summed E-state index contributed by atoms with van der Waals surface area (Å²) in [6.45, 7) is 5.59. The summed E-state index contributed by atoms with van der Waals surface area (Å²) in [6.07, 6.45) is 0. The number of hydrogen-bond acceptors (Lipinski definition) is 4. The van der Waals surface area contributed by atoms with Gasteiger partial charge in [0.15, 0.2) is 11.0 Å². The van der Waals surface area contributed by atoms with Crippen LogP contribution in [0.4, 0.5) is 5.69 Å². The zero-order valence-electron chi connectivity index (χ0n) is 14.4. The molecule has 0 aliphatic rings. The van der Waals surface area contributed by atoms with Crippen molar-refractivity contribution in [1.82, 2.24) is 0 Å². The van der Waals surface area contributed by atoms with E-state index in [1.54, 1.807) is 20.1 Å². The number of methoxy groups -OCH3 is 1. The first-order valence-corrected chi connectivity index (χ1v) is 8.62. The molecule has 2 rings (SSSR count).